The van der Waals surface area contributed by atoms with E-state index in [0.29, 0.717) is 0 Å². The quantitative estimate of drug-likeness (QED) is 0.780. The van der Waals surface area contributed by atoms with E-state index in [0.717, 1.165) is 56.4 Å². The number of rotatable bonds is 5. The van der Waals surface area contributed by atoms with Crippen molar-refractivity contribution in [3.05, 3.63) is 59.9 Å². The predicted molar refractivity (Wildman–Crippen MR) is 95.4 cm³/mol. The van der Waals surface area contributed by atoms with Crippen molar-refractivity contribution in [2.24, 2.45) is 0 Å². The Bertz CT molecular complexity index is 649. The Morgan fingerprint density at radius 3 is 2.30 bits per heavy atom. The Hall–Kier alpha value is -1.84. The number of aryl methyl sites for hydroxylation is 1. The van der Waals surface area contributed by atoms with Crippen LogP contribution >= 0.6 is 0 Å². The van der Waals surface area contributed by atoms with Crippen molar-refractivity contribution in [2.45, 2.75) is 20.4 Å². The molecule has 2 heterocycles. The average Bonchev–Trinajstić information content (AvgIpc) is 2.98. The van der Waals surface area contributed by atoms with Gasteiger partial charge in [0.25, 0.3) is 0 Å². The SMILES string of the molecule is C=C(C)CN1CCN(Cc2ccc(-c3ccc(C)cc3)o2)CC1. The third-order valence-corrected chi connectivity index (χ3v) is 4.34. The van der Waals surface area contributed by atoms with Crippen LogP contribution < -0.4 is 0 Å². The topological polar surface area (TPSA) is 19.6 Å². The fourth-order valence-corrected chi connectivity index (χ4v) is 3.04. The monoisotopic (exact) mass is 310 g/mol. The molecule has 3 nitrogen and oxygen atoms in total. The van der Waals surface area contributed by atoms with Gasteiger partial charge in [-0.05, 0) is 26.0 Å². The van der Waals surface area contributed by atoms with Crippen molar-refractivity contribution in [1.82, 2.24) is 9.80 Å². The average molecular weight is 310 g/mol. The van der Waals surface area contributed by atoms with Crippen LogP contribution in [0.2, 0.25) is 0 Å². The Morgan fingerprint density at radius 1 is 1.00 bits per heavy atom. The van der Waals surface area contributed by atoms with Crippen LogP contribution in [0.15, 0.2) is 53.0 Å². The highest BCUT2D eigenvalue weighted by atomic mass is 16.3. The van der Waals surface area contributed by atoms with E-state index in [1.165, 1.54) is 11.1 Å². The highest BCUT2D eigenvalue weighted by Gasteiger charge is 2.18. The van der Waals surface area contributed by atoms with Crippen molar-refractivity contribution in [3.63, 3.8) is 0 Å². The molecule has 2 aromatic rings. The van der Waals surface area contributed by atoms with Gasteiger partial charge in [0.2, 0.25) is 0 Å². The van der Waals surface area contributed by atoms with Gasteiger partial charge in [-0.15, -0.1) is 0 Å². The van der Waals surface area contributed by atoms with E-state index in [9.17, 15) is 0 Å². The lowest BCUT2D eigenvalue weighted by Crippen LogP contribution is -2.46. The van der Waals surface area contributed by atoms with Crippen LogP contribution in [0, 0.1) is 6.92 Å². The molecule has 0 N–H and O–H groups in total. The van der Waals surface area contributed by atoms with Crippen LogP contribution in [0.5, 0.6) is 0 Å². The molecule has 3 heteroatoms. The third kappa shape index (κ3) is 4.34. The predicted octanol–water partition coefficient (Wildman–Crippen LogP) is 3.95. The van der Waals surface area contributed by atoms with Crippen LogP contribution in [0.25, 0.3) is 11.3 Å². The number of nitrogens with zero attached hydrogens (tertiary/aromatic N) is 2. The first-order valence-electron chi connectivity index (χ1n) is 8.35. The number of furan rings is 1. The van der Waals surface area contributed by atoms with Crippen LogP contribution in [0.4, 0.5) is 0 Å². The lowest BCUT2D eigenvalue weighted by Gasteiger charge is -2.34. The maximum absolute atomic E-state index is 6.03. The van der Waals surface area contributed by atoms with Crippen molar-refractivity contribution in [3.8, 4) is 11.3 Å². The maximum atomic E-state index is 6.03. The summed E-state index contributed by atoms with van der Waals surface area (Å²) in [7, 11) is 0. The molecular formula is C20H26N2O. The minimum Gasteiger partial charge on any atom is -0.460 e. The summed E-state index contributed by atoms with van der Waals surface area (Å²) in [6, 6.07) is 12.7. The van der Waals surface area contributed by atoms with Crippen LogP contribution in [-0.4, -0.2) is 42.5 Å². The normalized spacial score (nSPS) is 16.6. The number of benzene rings is 1. The van der Waals surface area contributed by atoms with Gasteiger partial charge in [-0.1, -0.05) is 42.0 Å². The Balaban J connectivity index is 1.56. The van der Waals surface area contributed by atoms with Crippen molar-refractivity contribution < 1.29 is 4.42 Å². The Labute approximate surface area is 139 Å². The van der Waals surface area contributed by atoms with E-state index in [1.807, 2.05) is 0 Å². The summed E-state index contributed by atoms with van der Waals surface area (Å²) < 4.78 is 6.03. The molecular weight excluding hydrogens is 284 g/mol. The van der Waals surface area contributed by atoms with E-state index in [4.69, 9.17) is 4.42 Å². The molecule has 0 amide bonds. The molecule has 3 rings (SSSR count). The fourth-order valence-electron chi connectivity index (χ4n) is 3.04. The molecule has 0 atom stereocenters. The molecule has 1 fully saturated rings. The Kier molecular flexibility index (Phi) is 4.99. The minimum absolute atomic E-state index is 0.896. The summed E-state index contributed by atoms with van der Waals surface area (Å²) in [4.78, 5) is 4.94. The molecule has 0 spiro atoms. The van der Waals surface area contributed by atoms with Crippen molar-refractivity contribution in [2.75, 3.05) is 32.7 Å². The van der Waals surface area contributed by atoms with E-state index < -0.39 is 0 Å². The number of hydrogen-bond acceptors (Lipinski definition) is 3. The highest BCUT2D eigenvalue weighted by molar-refractivity contribution is 5.57. The second-order valence-electron chi connectivity index (χ2n) is 6.64. The zero-order valence-electron chi connectivity index (χ0n) is 14.2. The molecule has 0 saturated carbocycles. The summed E-state index contributed by atoms with van der Waals surface area (Å²) in [5.74, 6) is 2.01. The summed E-state index contributed by atoms with van der Waals surface area (Å²) in [5, 5.41) is 0. The van der Waals surface area contributed by atoms with Crippen LogP contribution in [0.1, 0.15) is 18.2 Å². The van der Waals surface area contributed by atoms with E-state index in [1.54, 1.807) is 0 Å². The molecule has 0 unspecified atom stereocenters. The fraction of sp³-hybridized carbons (Fsp3) is 0.400. The van der Waals surface area contributed by atoms with Crippen LogP contribution in [0.3, 0.4) is 0 Å². The Morgan fingerprint density at radius 2 is 1.65 bits per heavy atom. The molecule has 1 aliphatic heterocycles. The van der Waals surface area contributed by atoms with Gasteiger partial charge in [0.15, 0.2) is 0 Å². The number of piperazine rings is 1. The molecule has 0 bridgehead atoms. The highest BCUT2D eigenvalue weighted by Crippen LogP contribution is 2.23. The molecule has 1 aliphatic rings. The molecule has 0 aliphatic carbocycles. The van der Waals surface area contributed by atoms with Gasteiger partial charge < -0.3 is 4.42 Å². The summed E-state index contributed by atoms with van der Waals surface area (Å²) >= 11 is 0. The summed E-state index contributed by atoms with van der Waals surface area (Å²) in [6.45, 7) is 14.5. The molecule has 1 aromatic heterocycles. The van der Waals surface area contributed by atoms with Gasteiger partial charge in [0, 0.05) is 38.3 Å². The molecule has 0 radical (unpaired) electrons. The van der Waals surface area contributed by atoms with Gasteiger partial charge in [0.05, 0.1) is 6.54 Å². The molecule has 122 valence electrons. The summed E-state index contributed by atoms with van der Waals surface area (Å²) in [5.41, 5.74) is 3.66. The van der Waals surface area contributed by atoms with E-state index in [-0.39, 0.29) is 0 Å². The van der Waals surface area contributed by atoms with E-state index in [2.05, 4.69) is 66.6 Å². The van der Waals surface area contributed by atoms with Crippen LogP contribution in [-0.2, 0) is 6.54 Å². The largest absolute Gasteiger partial charge is 0.460 e. The van der Waals surface area contributed by atoms with Crippen molar-refractivity contribution >= 4 is 0 Å². The second-order valence-corrected chi connectivity index (χ2v) is 6.64. The minimum atomic E-state index is 0.896. The first-order chi connectivity index (χ1) is 11.1. The smallest absolute Gasteiger partial charge is 0.134 e. The zero-order valence-corrected chi connectivity index (χ0v) is 14.2. The lowest BCUT2D eigenvalue weighted by molar-refractivity contribution is 0.128. The van der Waals surface area contributed by atoms with Gasteiger partial charge in [-0.2, -0.15) is 0 Å². The molecule has 1 aromatic carbocycles. The third-order valence-electron chi connectivity index (χ3n) is 4.34. The van der Waals surface area contributed by atoms with E-state index >= 15 is 0 Å². The lowest BCUT2D eigenvalue weighted by atomic mass is 10.1. The van der Waals surface area contributed by atoms with Gasteiger partial charge in [-0.25, -0.2) is 0 Å². The molecule has 23 heavy (non-hydrogen) atoms. The first kappa shape index (κ1) is 16.0. The summed E-state index contributed by atoms with van der Waals surface area (Å²) in [6.07, 6.45) is 0. The van der Waals surface area contributed by atoms with Gasteiger partial charge in [0.1, 0.15) is 11.5 Å². The zero-order chi connectivity index (χ0) is 16.2. The molecule has 1 saturated heterocycles. The van der Waals surface area contributed by atoms with Gasteiger partial charge >= 0.3 is 0 Å². The standard InChI is InChI=1S/C20H26N2O/c1-16(2)14-21-10-12-22(13-11-21)15-19-8-9-20(23-19)18-6-4-17(3)5-7-18/h4-9H,1,10-15H2,2-3H3. The van der Waals surface area contributed by atoms with Crippen molar-refractivity contribution in [1.29, 1.82) is 0 Å². The second kappa shape index (κ2) is 7.16. The van der Waals surface area contributed by atoms with Gasteiger partial charge in [-0.3, -0.25) is 9.80 Å². The number of hydrogen-bond donors (Lipinski definition) is 0. The maximum Gasteiger partial charge on any atom is 0.134 e. The first-order valence-corrected chi connectivity index (χ1v) is 8.35.